The number of aliphatic imine (C=N–C) groups is 1. The van der Waals surface area contributed by atoms with Crippen LogP contribution in [0.2, 0.25) is 0 Å². The van der Waals surface area contributed by atoms with Gasteiger partial charge in [-0.25, -0.2) is 5.01 Å². The van der Waals surface area contributed by atoms with Gasteiger partial charge in [0.2, 0.25) is 11.1 Å². The minimum atomic E-state index is -0.694. The number of aryl methyl sites for hydroxylation is 1. The van der Waals surface area contributed by atoms with E-state index in [1.165, 1.54) is 35.5 Å². The Morgan fingerprint density at radius 1 is 1.17 bits per heavy atom. The maximum absolute atomic E-state index is 12.4. The van der Waals surface area contributed by atoms with Crippen LogP contribution in [0.5, 0.6) is 0 Å². The SMILES string of the molecule is CC(=O)N1N=C(N=C2NC(=O)/C(=C/c3ccc(C)cc3)S2)SC1(C)c1ccccc1. The largest absolute Gasteiger partial charge is 0.300 e. The second-order valence-electron chi connectivity index (χ2n) is 7.06. The van der Waals surface area contributed by atoms with Crippen molar-refractivity contribution in [1.29, 1.82) is 0 Å². The highest BCUT2D eigenvalue weighted by atomic mass is 32.2. The van der Waals surface area contributed by atoms with Crippen molar-refractivity contribution >= 4 is 51.7 Å². The van der Waals surface area contributed by atoms with Gasteiger partial charge in [0, 0.05) is 6.92 Å². The summed E-state index contributed by atoms with van der Waals surface area (Å²) in [6, 6.07) is 17.7. The molecule has 30 heavy (non-hydrogen) atoms. The highest BCUT2D eigenvalue weighted by Crippen LogP contribution is 2.46. The first-order chi connectivity index (χ1) is 14.3. The lowest BCUT2D eigenvalue weighted by Crippen LogP contribution is -2.37. The Bertz CT molecular complexity index is 1090. The van der Waals surface area contributed by atoms with Gasteiger partial charge in [0.1, 0.15) is 4.87 Å². The molecule has 2 amide bonds. The zero-order valence-corrected chi connectivity index (χ0v) is 18.4. The van der Waals surface area contributed by atoms with Crippen LogP contribution >= 0.6 is 23.5 Å². The fourth-order valence-electron chi connectivity index (χ4n) is 3.15. The summed E-state index contributed by atoms with van der Waals surface area (Å²) in [6.45, 7) is 5.44. The first kappa shape index (κ1) is 20.4. The Labute approximate surface area is 183 Å². The van der Waals surface area contributed by atoms with Crippen LogP contribution in [-0.4, -0.2) is 27.2 Å². The fourth-order valence-corrected chi connectivity index (χ4v) is 5.15. The predicted molar refractivity (Wildman–Crippen MR) is 124 cm³/mol. The first-order valence-corrected chi connectivity index (χ1v) is 11.0. The topological polar surface area (TPSA) is 74.1 Å². The molecule has 0 aliphatic carbocycles. The Hall–Kier alpha value is -2.84. The molecular formula is C22H20N4O2S2. The highest BCUT2D eigenvalue weighted by Gasteiger charge is 2.44. The second kappa shape index (κ2) is 8.12. The summed E-state index contributed by atoms with van der Waals surface area (Å²) < 4.78 is 0. The molecule has 1 atom stereocenters. The van der Waals surface area contributed by atoms with Gasteiger partial charge in [-0.15, -0.1) is 5.10 Å². The molecule has 0 aromatic heterocycles. The molecule has 0 saturated carbocycles. The molecule has 2 aromatic carbocycles. The summed E-state index contributed by atoms with van der Waals surface area (Å²) in [4.78, 5) is 29.0. The molecule has 0 spiro atoms. The molecule has 2 heterocycles. The molecule has 8 heteroatoms. The normalized spacial score (nSPS) is 23.8. The van der Waals surface area contributed by atoms with Crippen LogP contribution in [0.4, 0.5) is 0 Å². The summed E-state index contributed by atoms with van der Waals surface area (Å²) in [5, 5.41) is 9.52. The number of hydrogen-bond donors (Lipinski definition) is 1. The third-order valence-corrected chi connectivity index (χ3v) is 6.78. The molecule has 1 saturated heterocycles. The lowest BCUT2D eigenvalue weighted by atomic mass is 10.1. The van der Waals surface area contributed by atoms with E-state index in [1.54, 1.807) is 0 Å². The van der Waals surface area contributed by atoms with Crippen LogP contribution in [0.15, 0.2) is 69.6 Å². The van der Waals surface area contributed by atoms with E-state index >= 15 is 0 Å². The molecule has 0 bridgehead atoms. The van der Waals surface area contributed by atoms with Gasteiger partial charge in [-0.1, -0.05) is 60.2 Å². The zero-order chi connectivity index (χ0) is 21.3. The molecule has 2 aromatic rings. The molecule has 1 unspecified atom stereocenters. The zero-order valence-electron chi connectivity index (χ0n) is 16.7. The molecule has 6 nitrogen and oxygen atoms in total. The van der Waals surface area contributed by atoms with E-state index in [1.807, 2.05) is 74.5 Å². The summed E-state index contributed by atoms with van der Waals surface area (Å²) in [5.41, 5.74) is 3.06. The number of nitrogens with zero attached hydrogens (tertiary/aromatic N) is 3. The van der Waals surface area contributed by atoms with Gasteiger partial charge in [-0.3, -0.25) is 9.59 Å². The Morgan fingerprint density at radius 2 is 1.87 bits per heavy atom. The smallest absolute Gasteiger partial charge is 0.264 e. The third kappa shape index (κ3) is 4.06. The second-order valence-corrected chi connectivity index (χ2v) is 9.45. The first-order valence-electron chi connectivity index (χ1n) is 9.35. The fraction of sp³-hybridized carbons (Fsp3) is 0.182. The van der Waals surface area contributed by atoms with Crippen molar-refractivity contribution < 1.29 is 9.59 Å². The standard InChI is InChI=1S/C22H20N4O2S2/c1-14-9-11-16(12-10-14)13-18-19(28)23-20(29-18)24-21-25-26(15(2)27)22(3,30-21)17-7-5-4-6-8-17/h4-13H,1-3H3,(H,23,24,25,28)/b18-13-. The maximum atomic E-state index is 12.4. The van der Waals surface area contributed by atoms with Crippen molar-refractivity contribution in [3.05, 3.63) is 76.2 Å². The van der Waals surface area contributed by atoms with E-state index < -0.39 is 4.87 Å². The molecule has 152 valence electrons. The van der Waals surface area contributed by atoms with Gasteiger partial charge in [0.15, 0.2) is 5.17 Å². The number of amides is 2. The number of nitrogens with one attached hydrogen (secondary N) is 1. The van der Waals surface area contributed by atoms with E-state index in [0.717, 1.165) is 16.7 Å². The van der Waals surface area contributed by atoms with Crippen LogP contribution in [0.25, 0.3) is 6.08 Å². The van der Waals surface area contributed by atoms with Crippen LogP contribution in [0.1, 0.15) is 30.5 Å². The molecular weight excluding hydrogens is 416 g/mol. The Morgan fingerprint density at radius 3 is 2.53 bits per heavy atom. The summed E-state index contributed by atoms with van der Waals surface area (Å²) in [7, 11) is 0. The van der Waals surface area contributed by atoms with Crippen LogP contribution in [0, 0.1) is 6.92 Å². The average molecular weight is 437 g/mol. The van der Waals surface area contributed by atoms with E-state index in [9.17, 15) is 9.59 Å². The van der Waals surface area contributed by atoms with Gasteiger partial charge in [0.25, 0.3) is 5.91 Å². The number of benzene rings is 2. The van der Waals surface area contributed by atoms with Gasteiger partial charge < -0.3 is 5.32 Å². The van der Waals surface area contributed by atoms with E-state index in [4.69, 9.17) is 0 Å². The predicted octanol–water partition coefficient (Wildman–Crippen LogP) is 4.29. The van der Waals surface area contributed by atoms with Crippen LogP contribution in [-0.2, 0) is 14.5 Å². The molecule has 2 aliphatic rings. The van der Waals surface area contributed by atoms with Crippen molar-refractivity contribution in [3.8, 4) is 0 Å². The molecule has 0 radical (unpaired) electrons. The number of rotatable bonds is 2. The van der Waals surface area contributed by atoms with Crippen molar-refractivity contribution in [3.63, 3.8) is 0 Å². The van der Waals surface area contributed by atoms with Crippen molar-refractivity contribution in [2.24, 2.45) is 10.1 Å². The maximum Gasteiger partial charge on any atom is 0.264 e. The lowest BCUT2D eigenvalue weighted by molar-refractivity contribution is -0.131. The quantitative estimate of drug-likeness (QED) is 0.713. The third-order valence-electron chi connectivity index (χ3n) is 4.71. The Kier molecular flexibility index (Phi) is 5.53. The number of thioether (sulfide) groups is 2. The number of amidine groups is 2. The van der Waals surface area contributed by atoms with E-state index in [-0.39, 0.29) is 11.8 Å². The minimum absolute atomic E-state index is 0.174. The average Bonchev–Trinajstić information content (AvgIpc) is 3.24. The van der Waals surface area contributed by atoms with E-state index in [2.05, 4.69) is 15.4 Å². The van der Waals surface area contributed by atoms with Gasteiger partial charge in [0.05, 0.1) is 4.91 Å². The monoisotopic (exact) mass is 436 g/mol. The molecule has 1 N–H and O–H groups in total. The van der Waals surface area contributed by atoms with E-state index in [0.29, 0.717) is 15.2 Å². The summed E-state index contributed by atoms with van der Waals surface area (Å²) in [6.07, 6.45) is 1.83. The molecule has 1 fully saturated rings. The Balaban J connectivity index is 1.58. The number of hydrazone groups is 1. The number of hydrogen-bond acceptors (Lipinski definition) is 6. The van der Waals surface area contributed by atoms with Crippen LogP contribution < -0.4 is 5.32 Å². The van der Waals surface area contributed by atoms with Gasteiger partial charge in [-0.2, -0.15) is 4.99 Å². The highest BCUT2D eigenvalue weighted by molar-refractivity contribution is 8.19. The van der Waals surface area contributed by atoms with Crippen molar-refractivity contribution in [1.82, 2.24) is 10.3 Å². The molecule has 4 rings (SSSR count). The molecule has 2 aliphatic heterocycles. The van der Waals surface area contributed by atoms with Crippen molar-refractivity contribution in [2.75, 3.05) is 0 Å². The number of carbonyl (C=O) groups excluding carboxylic acids is 2. The minimum Gasteiger partial charge on any atom is -0.300 e. The summed E-state index contributed by atoms with van der Waals surface area (Å²) in [5.74, 6) is -0.371. The number of carbonyl (C=O) groups is 2. The lowest BCUT2D eigenvalue weighted by Gasteiger charge is -2.30. The van der Waals surface area contributed by atoms with Gasteiger partial charge in [-0.05, 0) is 54.6 Å². The van der Waals surface area contributed by atoms with Gasteiger partial charge >= 0.3 is 0 Å². The van der Waals surface area contributed by atoms with Crippen LogP contribution in [0.3, 0.4) is 0 Å². The van der Waals surface area contributed by atoms with Crippen molar-refractivity contribution in [2.45, 2.75) is 25.6 Å². The summed E-state index contributed by atoms with van der Waals surface area (Å²) >= 11 is 2.64.